The van der Waals surface area contributed by atoms with Gasteiger partial charge in [-0.1, -0.05) is 25.8 Å². The Balaban J connectivity index is 2.60. The van der Waals surface area contributed by atoms with E-state index in [4.69, 9.17) is 5.73 Å². The van der Waals surface area contributed by atoms with Crippen molar-refractivity contribution in [3.05, 3.63) is 29.8 Å². The molecule has 0 aliphatic carbocycles. The van der Waals surface area contributed by atoms with Gasteiger partial charge in [0.15, 0.2) is 0 Å². The Bertz CT molecular complexity index is 263. The highest BCUT2D eigenvalue weighted by Crippen LogP contribution is 2.14. The van der Waals surface area contributed by atoms with E-state index in [-0.39, 0.29) is 6.04 Å². The van der Waals surface area contributed by atoms with Gasteiger partial charge >= 0.3 is 0 Å². The van der Waals surface area contributed by atoms with Gasteiger partial charge in [0.25, 0.3) is 0 Å². The largest absolute Gasteiger partial charge is 0.323 e. The van der Waals surface area contributed by atoms with E-state index in [0.717, 1.165) is 19.3 Å². The summed E-state index contributed by atoms with van der Waals surface area (Å²) >= 11 is 0. The van der Waals surface area contributed by atoms with Crippen molar-refractivity contribution in [2.45, 2.75) is 32.2 Å². The lowest BCUT2D eigenvalue weighted by Crippen LogP contribution is -2.12. The lowest BCUT2D eigenvalue weighted by molar-refractivity contribution is 0.544. The van der Waals surface area contributed by atoms with E-state index in [1.165, 1.54) is 6.07 Å². The molecule has 0 aliphatic heterocycles. The van der Waals surface area contributed by atoms with E-state index < -0.39 is 5.95 Å². The molecule has 0 radical (unpaired) electrons. The molecule has 1 atom stereocenters. The van der Waals surface area contributed by atoms with Gasteiger partial charge in [0, 0.05) is 6.04 Å². The van der Waals surface area contributed by atoms with E-state index in [1.807, 2.05) is 0 Å². The van der Waals surface area contributed by atoms with Crippen molar-refractivity contribution in [1.82, 2.24) is 4.98 Å². The van der Waals surface area contributed by atoms with Crippen LogP contribution in [0, 0.1) is 5.95 Å². The molecule has 0 fully saturated rings. The van der Waals surface area contributed by atoms with Gasteiger partial charge in [-0.25, -0.2) is 4.98 Å². The fraction of sp³-hybridized carbons (Fsp3) is 0.500. The van der Waals surface area contributed by atoms with Gasteiger partial charge in [-0.2, -0.15) is 4.39 Å². The second-order valence-corrected chi connectivity index (χ2v) is 3.13. The van der Waals surface area contributed by atoms with Crippen LogP contribution in [-0.2, 0) is 0 Å². The first-order chi connectivity index (χ1) is 6.24. The Morgan fingerprint density at radius 2 is 2.31 bits per heavy atom. The summed E-state index contributed by atoms with van der Waals surface area (Å²) in [5, 5.41) is 0. The summed E-state index contributed by atoms with van der Waals surface area (Å²) in [4.78, 5) is 3.73. The Hall–Kier alpha value is -0.960. The van der Waals surface area contributed by atoms with E-state index in [0.29, 0.717) is 5.69 Å². The molecular formula is C10H15FN2. The zero-order valence-electron chi connectivity index (χ0n) is 7.83. The smallest absolute Gasteiger partial charge is 0.213 e. The minimum absolute atomic E-state index is 0.129. The zero-order chi connectivity index (χ0) is 9.68. The van der Waals surface area contributed by atoms with Crippen molar-refractivity contribution in [1.29, 1.82) is 0 Å². The van der Waals surface area contributed by atoms with Gasteiger partial charge in [-0.05, 0) is 18.6 Å². The van der Waals surface area contributed by atoms with Crippen molar-refractivity contribution in [2.24, 2.45) is 5.73 Å². The van der Waals surface area contributed by atoms with Crippen LogP contribution in [-0.4, -0.2) is 4.98 Å². The number of nitrogens with zero attached hydrogens (tertiary/aromatic N) is 1. The molecule has 0 bridgehead atoms. The Morgan fingerprint density at radius 3 is 2.92 bits per heavy atom. The summed E-state index contributed by atoms with van der Waals surface area (Å²) in [7, 11) is 0. The van der Waals surface area contributed by atoms with E-state index in [2.05, 4.69) is 11.9 Å². The molecule has 1 rings (SSSR count). The van der Waals surface area contributed by atoms with Crippen molar-refractivity contribution >= 4 is 0 Å². The molecule has 13 heavy (non-hydrogen) atoms. The number of unbranched alkanes of at least 4 members (excludes halogenated alkanes) is 1. The molecule has 3 heteroatoms. The van der Waals surface area contributed by atoms with Gasteiger partial charge < -0.3 is 5.73 Å². The van der Waals surface area contributed by atoms with Crippen LogP contribution in [0.25, 0.3) is 0 Å². The average Bonchev–Trinajstić information content (AvgIpc) is 2.14. The lowest BCUT2D eigenvalue weighted by atomic mass is 10.1. The number of halogens is 1. The Labute approximate surface area is 78.0 Å². The van der Waals surface area contributed by atoms with Gasteiger partial charge in [0.05, 0.1) is 5.69 Å². The van der Waals surface area contributed by atoms with Crippen molar-refractivity contribution < 1.29 is 4.39 Å². The second-order valence-electron chi connectivity index (χ2n) is 3.13. The maximum absolute atomic E-state index is 12.7. The molecule has 1 unspecified atom stereocenters. The fourth-order valence-electron chi connectivity index (χ4n) is 1.20. The first-order valence-electron chi connectivity index (χ1n) is 4.62. The molecule has 1 aromatic rings. The monoisotopic (exact) mass is 182 g/mol. The summed E-state index contributed by atoms with van der Waals surface area (Å²) in [6.07, 6.45) is 3.02. The van der Waals surface area contributed by atoms with Crippen LogP contribution in [0.5, 0.6) is 0 Å². The minimum atomic E-state index is -0.454. The van der Waals surface area contributed by atoms with Crippen LogP contribution in [0.4, 0.5) is 4.39 Å². The highest BCUT2D eigenvalue weighted by atomic mass is 19.1. The normalized spacial score (nSPS) is 12.8. The number of hydrogen-bond donors (Lipinski definition) is 1. The van der Waals surface area contributed by atoms with Crippen LogP contribution in [0.2, 0.25) is 0 Å². The van der Waals surface area contributed by atoms with Crippen LogP contribution in [0.1, 0.15) is 37.9 Å². The van der Waals surface area contributed by atoms with Gasteiger partial charge in [0.1, 0.15) is 0 Å². The average molecular weight is 182 g/mol. The maximum Gasteiger partial charge on any atom is 0.213 e. The molecule has 0 spiro atoms. The van der Waals surface area contributed by atoms with E-state index in [9.17, 15) is 4.39 Å². The lowest BCUT2D eigenvalue weighted by Gasteiger charge is -2.09. The number of pyridine rings is 1. The second kappa shape index (κ2) is 4.92. The Kier molecular flexibility index (Phi) is 3.83. The summed E-state index contributed by atoms with van der Waals surface area (Å²) in [6.45, 7) is 2.10. The molecule has 1 aromatic heterocycles. The first kappa shape index (κ1) is 10.1. The standard InChI is InChI=1S/C10H15FN2/c1-2-3-5-8(12)9-6-4-7-10(11)13-9/h4,6-8H,2-3,5,12H2,1H3. The molecule has 2 nitrogen and oxygen atoms in total. The number of aromatic nitrogens is 1. The van der Waals surface area contributed by atoms with Crippen molar-refractivity contribution in [2.75, 3.05) is 0 Å². The molecular weight excluding hydrogens is 167 g/mol. The summed E-state index contributed by atoms with van der Waals surface area (Å²) < 4.78 is 12.7. The summed E-state index contributed by atoms with van der Waals surface area (Å²) in [5.41, 5.74) is 6.47. The maximum atomic E-state index is 12.7. The van der Waals surface area contributed by atoms with Crippen molar-refractivity contribution in [3.8, 4) is 0 Å². The third kappa shape index (κ3) is 3.11. The number of rotatable bonds is 4. The molecule has 0 saturated heterocycles. The van der Waals surface area contributed by atoms with Crippen LogP contribution >= 0.6 is 0 Å². The molecule has 0 amide bonds. The highest BCUT2D eigenvalue weighted by Gasteiger charge is 2.06. The fourth-order valence-corrected chi connectivity index (χ4v) is 1.20. The minimum Gasteiger partial charge on any atom is -0.323 e. The van der Waals surface area contributed by atoms with Gasteiger partial charge in [-0.15, -0.1) is 0 Å². The molecule has 0 saturated carbocycles. The van der Waals surface area contributed by atoms with Crippen LogP contribution < -0.4 is 5.73 Å². The topological polar surface area (TPSA) is 38.9 Å². The molecule has 2 N–H and O–H groups in total. The first-order valence-corrected chi connectivity index (χ1v) is 4.62. The molecule has 1 heterocycles. The molecule has 72 valence electrons. The summed E-state index contributed by atoms with van der Waals surface area (Å²) in [5.74, 6) is -0.454. The molecule has 0 aliphatic rings. The zero-order valence-corrected chi connectivity index (χ0v) is 7.83. The SMILES string of the molecule is CCCCC(N)c1cccc(F)n1. The quantitative estimate of drug-likeness (QED) is 0.726. The predicted molar refractivity (Wildman–Crippen MR) is 50.6 cm³/mol. The number of nitrogens with two attached hydrogens (primary N) is 1. The van der Waals surface area contributed by atoms with Crippen LogP contribution in [0.15, 0.2) is 18.2 Å². The predicted octanol–water partition coefficient (Wildman–Crippen LogP) is 2.41. The van der Waals surface area contributed by atoms with Crippen LogP contribution in [0.3, 0.4) is 0 Å². The van der Waals surface area contributed by atoms with Gasteiger partial charge in [0.2, 0.25) is 5.95 Å². The highest BCUT2D eigenvalue weighted by molar-refractivity contribution is 5.08. The van der Waals surface area contributed by atoms with E-state index in [1.54, 1.807) is 12.1 Å². The number of hydrogen-bond acceptors (Lipinski definition) is 2. The van der Waals surface area contributed by atoms with Gasteiger partial charge in [-0.3, -0.25) is 0 Å². The molecule has 0 aromatic carbocycles. The van der Waals surface area contributed by atoms with E-state index >= 15 is 0 Å². The summed E-state index contributed by atoms with van der Waals surface area (Å²) in [6, 6.07) is 4.61. The third-order valence-electron chi connectivity index (χ3n) is 1.99. The van der Waals surface area contributed by atoms with Crippen molar-refractivity contribution in [3.63, 3.8) is 0 Å². The third-order valence-corrected chi connectivity index (χ3v) is 1.99. The Morgan fingerprint density at radius 1 is 1.54 bits per heavy atom.